The lowest BCUT2D eigenvalue weighted by Crippen LogP contribution is -2.62. The van der Waals surface area contributed by atoms with E-state index in [2.05, 4.69) is 20.5 Å². The van der Waals surface area contributed by atoms with Crippen LogP contribution in [0.15, 0.2) is 42.6 Å². The zero-order valence-electron chi connectivity index (χ0n) is 20.0. The first-order valence-corrected chi connectivity index (χ1v) is 13.0. The second-order valence-electron chi connectivity index (χ2n) is 8.58. The highest BCUT2D eigenvalue weighted by Crippen LogP contribution is 2.23. The van der Waals surface area contributed by atoms with Crippen molar-refractivity contribution in [3.63, 3.8) is 0 Å². The maximum Gasteiger partial charge on any atom is 0.280 e. The van der Waals surface area contributed by atoms with Crippen LogP contribution >= 0.6 is 11.6 Å². The molecule has 0 aliphatic carbocycles. The third-order valence-electron chi connectivity index (χ3n) is 5.96. The SMILES string of the molecule is Cc1cn(-c2ccc(F)cc2F)nc1CNC(=O)C1CC(C(=O)Nc2ccc(F)c(Cl)c2)N(C)S(=O)(=O)N1. The number of likely N-dealkylation sites (N-methyl/N-ethyl adjacent to an activating group) is 1. The Bertz CT molecular complexity index is 1520. The molecule has 0 bridgehead atoms. The Kier molecular flexibility index (Phi) is 7.78. The molecule has 1 aromatic heterocycles. The number of amides is 2. The van der Waals surface area contributed by atoms with E-state index in [9.17, 15) is 31.2 Å². The van der Waals surface area contributed by atoms with Crippen molar-refractivity contribution in [1.29, 1.82) is 0 Å². The quantitative estimate of drug-likeness (QED) is 0.420. The fraction of sp³-hybridized carbons (Fsp3) is 0.261. The van der Waals surface area contributed by atoms with Crippen LogP contribution in [0.1, 0.15) is 17.7 Å². The molecule has 3 aromatic rings. The van der Waals surface area contributed by atoms with Crippen molar-refractivity contribution in [3.8, 4) is 5.69 Å². The lowest BCUT2D eigenvalue weighted by Gasteiger charge is -2.35. The van der Waals surface area contributed by atoms with Crippen molar-refractivity contribution in [2.75, 3.05) is 12.4 Å². The van der Waals surface area contributed by atoms with Crippen molar-refractivity contribution in [1.82, 2.24) is 24.1 Å². The highest BCUT2D eigenvalue weighted by Gasteiger charge is 2.42. The standard InChI is InChI=1S/C23H22ClF3N6O4S/c1-12-11-33(20-6-3-13(25)7-17(20)27)30-19(12)10-28-22(34)18-9-21(32(2)38(36,37)31-18)23(35)29-14-4-5-16(26)15(24)8-14/h3-8,11,18,21,31H,9-10H2,1-2H3,(H,28,34)(H,29,35). The van der Waals surface area contributed by atoms with Crippen LogP contribution in [0, 0.1) is 24.4 Å². The molecular formula is C23H22ClF3N6O4S. The molecule has 1 saturated heterocycles. The summed E-state index contributed by atoms with van der Waals surface area (Å²) in [7, 11) is -3.02. The minimum atomic E-state index is -4.20. The summed E-state index contributed by atoms with van der Waals surface area (Å²) < 4.78 is 70.2. The Morgan fingerprint density at radius 3 is 2.55 bits per heavy atom. The zero-order chi connectivity index (χ0) is 27.8. The molecule has 2 amide bonds. The molecule has 1 fully saturated rings. The fourth-order valence-corrected chi connectivity index (χ4v) is 5.26. The summed E-state index contributed by atoms with van der Waals surface area (Å²) in [6.45, 7) is 1.55. The molecule has 38 heavy (non-hydrogen) atoms. The fourth-order valence-electron chi connectivity index (χ4n) is 3.84. The van der Waals surface area contributed by atoms with Crippen LogP contribution < -0.4 is 15.4 Å². The number of halogens is 4. The molecule has 4 rings (SSSR count). The Hall–Kier alpha value is -3.46. The summed E-state index contributed by atoms with van der Waals surface area (Å²) >= 11 is 5.73. The van der Waals surface area contributed by atoms with Gasteiger partial charge in [-0.05, 0) is 49.2 Å². The average molecular weight is 571 g/mol. The summed E-state index contributed by atoms with van der Waals surface area (Å²) in [4.78, 5) is 25.7. The Labute approximate surface area is 220 Å². The first-order valence-electron chi connectivity index (χ1n) is 11.1. The van der Waals surface area contributed by atoms with E-state index < -0.39 is 51.6 Å². The molecule has 0 saturated carbocycles. The number of rotatable bonds is 6. The van der Waals surface area contributed by atoms with Gasteiger partial charge >= 0.3 is 0 Å². The summed E-state index contributed by atoms with van der Waals surface area (Å²) in [6, 6.07) is 3.95. The van der Waals surface area contributed by atoms with E-state index in [-0.39, 0.29) is 29.4 Å². The number of anilines is 1. The number of carbonyl (C=O) groups excluding carboxylic acids is 2. The second-order valence-corrected chi connectivity index (χ2v) is 10.7. The van der Waals surface area contributed by atoms with Gasteiger partial charge in [0.2, 0.25) is 11.8 Å². The van der Waals surface area contributed by atoms with Crippen molar-refractivity contribution >= 4 is 39.3 Å². The molecule has 0 radical (unpaired) electrons. The van der Waals surface area contributed by atoms with E-state index in [0.717, 1.165) is 22.5 Å². The first-order chi connectivity index (χ1) is 17.9. The largest absolute Gasteiger partial charge is 0.349 e. The van der Waals surface area contributed by atoms with Crippen molar-refractivity contribution < 1.29 is 31.2 Å². The third-order valence-corrected chi connectivity index (χ3v) is 7.85. The summed E-state index contributed by atoms with van der Waals surface area (Å²) in [6.07, 6.45) is 1.29. The number of nitrogens with zero attached hydrogens (tertiary/aromatic N) is 3. The molecule has 2 heterocycles. The van der Waals surface area contributed by atoms with Gasteiger partial charge in [-0.25, -0.2) is 17.9 Å². The van der Waals surface area contributed by atoms with Crippen LogP contribution in [0.3, 0.4) is 0 Å². The van der Waals surface area contributed by atoms with Crippen LogP contribution in [-0.2, 0) is 26.3 Å². The predicted molar refractivity (Wildman–Crippen MR) is 132 cm³/mol. The molecule has 202 valence electrons. The van der Waals surface area contributed by atoms with E-state index in [1.54, 1.807) is 6.92 Å². The molecule has 2 atom stereocenters. The Morgan fingerprint density at radius 2 is 1.87 bits per heavy atom. The number of benzene rings is 2. The smallest absolute Gasteiger partial charge is 0.280 e. The van der Waals surface area contributed by atoms with Crippen molar-refractivity contribution in [3.05, 3.63) is 76.3 Å². The van der Waals surface area contributed by atoms with Gasteiger partial charge in [-0.3, -0.25) is 9.59 Å². The van der Waals surface area contributed by atoms with Crippen molar-refractivity contribution in [2.24, 2.45) is 0 Å². The highest BCUT2D eigenvalue weighted by molar-refractivity contribution is 7.87. The Morgan fingerprint density at radius 1 is 1.13 bits per heavy atom. The molecule has 1 aliphatic rings. The highest BCUT2D eigenvalue weighted by atomic mass is 35.5. The van der Waals surface area contributed by atoms with Gasteiger partial charge in [0.05, 0.1) is 17.3 Å². The molecule has 2 unspecified atom stereocenters. The normalized spacial score (nSPS) is 19.2. The number of nitrogens with one attached hydrogen (secondary N) is 3. The maximum absolute atomic E-state index is 14.1. The van der Waals surface area contributed by atoms with Crippen LogP contribution in [0.5, 0.6) is 0 Å². The molecular weight excluding hydrogens is 549 g/mol. The molecule has 0 spiro atoms. The first kappa shape index (κ1) is 27.6. The van der Waals surface area contributed by atoms with Gasteiger partial charge in [-0.1, -0.05) is 11.6 Å². The summed E-state index contributed by atoms with van der Waals surface area (Å²) in [5.74, 6) is -3.71. The second kappa shape index (κ2) is 10.7. The monoisotopic (exact) mass is 570 g/mol. The van der Waals surface area contributed by atoms with Gasteiger partial charge in [-0.15, -0.1) is 0 Å². The molecule has 10 nitrogen and oxygen atoms in total. The average Bonchev–Trinajstić information content (AvgIpc) is 3.21. The summed E-state index contributed by atoms with van der Waals surface area (Å²) in [5.41, 5.74) is 1.11. The van der Waals surface area contributed by atoms with Crippen LogP contribution in [0.25, 0.3) is 5.69 Å². The Balaban J connectivity index is 1.45. The van der Waals surface area contributed by atoms with Gasteiger partial charge in [0.25, 0.3) is 10.2 Å². The maximum atomic E-state index is 14.1. The topological polar surface area (TPSA) is 125 Å². The van der Waals surface area contributed by atoms with E-state index in [1.807, 2.05) is 0 Å². The number of hydrogen-bond donors (Lipinski definition) is 3. The minimum absolute atomic E-state index is 0.00597. The molecule has 15 heteroatoms. The molecule has 2 aromatic carbocycles. The third kappa shape index (κ3) is 5.83. The van der Waals surface area contributed by atoms with Crippen LogP contribution in [0.4, 0.5) is 18.9 Å². The minimum Gasteiger partial charge on any atom is -0.349 e. The molecule has 3 N–H and O–H groups in total. The van der Waals surface area contributed by atoms with Gasteiger partial charge in [0, 0.05) is 25.0 Å². The zero-order valence-corrected chi connectivity index (χ0v) is 21.6. The van der Waals surface area contributed by atoms with Crippen molar-refractivity contribution in [2.45, 2.75) is 32.0 Å². The lowest BCUT2D eigenvalue weighted by molar-refractivity contribution is -0.125. The van der Waals surface area contributed by atoms with E-state index in [4.69, 9.17) is 11.6 Å². The van der Waals surface area contributed by atoms with E-state index in [0.29, 0.717) is 11.3 Å². The van der Waals surface area contributed by atoms with Gasteiger partial charge in [-0.2, -0.15) is 22.5 Å². The number of aryl methyl sites for hydroxylation is 1. The van der Waals surface area contributed by atoms with Crippen LogP contribution in [-0.4, -0.2) is 53.4 Å². The molecule has 1 aliphatic heterocycles. The van der Waals surface area contributed by atoms with Gasteiger partial charge in [0.15, 0.2) is 5.82 Å². The number of carbonyl (C=O) groups is 2. The number of aromatic nitrogens is 2. The summed E-state index contributed by atoms with van der Waals surface area (Å²) in [5, 5.41) is 9.04. The lowest BCUT2D eigenvalue weighted by atomic mass is 10.1. The predicted octanol–water partition coefficient (Wildman–Crippen LogP) is 2.41. The number of hydrogen-bond acceptors (Lipinski definition) is 5. The van der Waals surface area contributed by atoms with Crippen LogP contribution in [0.2, 0.25) is 5.02 Å². The van der Waals surface area contributed by atoms with Gasteiger partial charge in [0.1, 0.15) is 29.4 Å². The van der Waals surface area contributed by atoms with E-state index >= 15 is 0 Å². The van der Waals surface area contributed by atoms with E-state index in [1.165, 1.54) is 36.1 Å². The van der Waals surface area contributed by atoms with Gasteiger partial charge < -0.3 is 10.6 Å².